The number of hydrogen-bond acceptors (Lipinski definition) is 3. The van der Waals surface area contributed by atoms with E-state index < -0.39 is 12.1 Å². The fraction of sp³-hybridized carbons (Fsp3) is 0.538. The first kappa shape index (κ1) is 13.0. The normalized spacial score (nSPS) is 22.9. The molecule has 5 heteroatoms. The van der Waals surface area contributed by atoms with Crippen LogP contribution >= 0.6 is 0 Å². The van der Waals surface area contributed by atoms with Gasteiger partial charge in [-0.15, -0.1) is 0 Å². The molecular formula is C13H17FN2O2. The summed E-state index contributed by atoms with van der Waals surface area (Å²) in [5.41, 5.74) is -0.233. The molecule has 1 saturated heterocycles. The van der Waals surface area contributed by atoms with Crippen LogP contribution in [0.1, 0.15) is 30.8 Å². The van der Waals surface area contributed by atoms with Gasteiger partial charge >= 0.3 is 0 Å². The minimum atomic E-state index is -0.655. The van der Waals surface area contributed by atoms with Gasteiger partial charge < -0.3 is 10.0 Å². The molecule has 1 aromatic heterocycles. The second-order valence-corrected chi connectivity index (χ2v) is 5.37. The Hall–Kier alpha value is -1.49. The molecule has 2 heterocycles. The monoisotopic (exact) mass is 252 g/mol. The Labute approximate surface area is 105 Å². The minimum absolute atomic E-state index is 0.113. The number of rotatable bonds is 1. The standard InChI is InChI=1S/C13H17FN2O2/c1-13(2)8-16(7-6-10(13)17)12(18)9-4-3-5-11(14)15-9/h3-5,10,17H,6-8H2,1-2H3. The Kier molecular flexibility index (Phi) is 3.34. The predicted molar refractivity (Wildman–Crippen MR) is 64.5 cm³/mol. The van der Waals surface area contributed by atoms with Crippen molar-refractivity contribution in [3.8, 4) is 0 Å². The number of halogens is 1. The molecule has 1 unspecified atom stereocenters. The summed E-state index contributed by atoms with van der Waals surface area (Å²) in [6.45, 7) is 4.75. The zero-order chi connectivity index (χ0) is 13.3. The smallest absolute Gasteiger partial charge is 0.272 e. The van der Waals surface area contributed by atoms with Crippen molar-refractivity contribution in [2.24, 2.45) is 5.41 Å². The molecule has 0 radical (unpaired) electrons. The van der Waals surface area contributed by atoms with Gasteiger partial charge in [0.2, 0.25) is 5.95 Å². The number of amides is 1. The van der Waals surface area contributed by atoms with Gasteiger partial charge in [0.05, 0.1) is 6.10 Å². The van der Waals surface area contributed by atoms with Crippen molar-refractivity contribution in [3.63, 3.8) is 0 Å². The molecule has 1 aliphatic heterocycles. The molecule has 1 amide bonds. The van der Waals surface area contributed by atoms with Gasteiger partial charge in [-0.1, -0.05) is 19.9 Å². The van der Waals surface area contributed by atoms with Gasteiger partial charge in [-0.3, -0.25) is 4.79 Å². The Morgan fingerprint density at radius 2 is 2.28 bits per heavy atom. The summed E-state index contributed by atoms with van der Waals surface area (Å²) in [6, 6.07) is 4.18. The lowest BCUT2D eigenvalue weighted by molar-refractivity contribution is -0.0184. The molecule has 0 aromatic carbocycles. The third kappa shape index (κ3) is 2.51. The highest BCUT2D eigenvalue weighted by atomic mass is 19.1. The van der Waals surface area contributed by atoms with Crippen LogP contribution in [0.2, 0.25) is 0 Å². The van der Waals surface area contributed by atoms with Crippen LogP contribution < -0.4 is 0 Å². The number of piperidine rings is 1. The number of carbonyl (C=O) groups excluding carboxylic acids is 1. The zero-order valence-corrected chi connectivity index (χ0v) is 10.6. The predicted octanol–water partition coefficient (Wildman–Crippen LogP) is 1.45. The van der Waals surface area contributed by atoms with Crippen molar-refractivity contribution in [2.75, 3.05) is 13.1 Å². The average Bonchev–Trinajstić information content (AvgIpc) is 2.31. The van der Waals surface area contributed by atoms with E-state index in [4.69, 9.17) is 0 Å². The maximum absolute atomic E-state index is 13.0. The first-order valence-electron chi connectivity index (χ1n) is 6.00. The molecule has 0 bridgehead atoms. The molecule has 1 fully saturated rings. The van der Waals surface area contributed by atoms with Crippen molar-refractivity contribution in [2.45, 2.75) is 26.4 Å². The van der Waals surface area contributed by atoms with E-state index in [9.17, 15) is 14.3 Å². The van der Waals surface area contributed by atoms with Crippen LogP contribution in [0.3, 0.4) is 0 Å². The third-order valence-corrected chi connectivity index (χ3v) is 3.39. The first-order chi connectivity index (χ1) is 8.40. The van der Waals surface area contributed by atoms with Crippen LogP contribution in [-0.2, 0) is 0 Å². The van der Waals surface area contributed by atoms with Gasteiger partial charge in [0.1, 0.15) is 5.69 Å². The van der Waals surface area contributed by atoms with Crippen LogP contribution in [0.25, 0.3) is 0 Å². The van der Waals surface area contributed by atoms with Crippen LogP contribution in [0.5, 0.6) is 0 Å². The second-order valence-electron chi connectivity index (χ2n) is 5.37. The van der Waals surface area contributed by atoms with Gasteiger partial charge in [0.25, 0.3) is 5.91 Å². The number of aromatic nitrogens is 1. The second kappa shape index (κ2) is 4.65. The highest BCUT2D eigenvalue weighted by Crippen LogP contribution is 2.29. The fourth-order valence-electron chi connectivity index (χ4n) is 2.21. The largest absolute Gasteiger partial charge is 0.392 e. The SMILES string of the molecule is CC1(C)CN(C(=O)c2cccc(F)n2)CCC1O. The lowest BCUT2D eigenvalue weighted by Crippen LogP contribution is -2.50. The summed E-state index contributed by atoms with van der Waals surface area (Å²) in [5.74, 6) is -0.938. The van der Waals surface area contributed by atoms with Gasteiger partial charge in [-0.25, -0.2) is 4.98 Å². The molecule has 1 atom stereocenters. The topological polar surface area (TPSA) is 53.4 Å². The number of hydrogen-bond donors (Lipinski definition) is 1. The van der Waals surface area contributed by atoms with E-state index in [1.807, 2.05) is 13.8 Å². The van der Waals surface area contributed by atoms with E-state index >= 15 is 0 Å². The summed E-state index contributed by atoms with van der Waals surface area (Å²) >= 11 is 0. The van der Waals surface area contributed by atoms with E-state index in [1.54, 1.807) is 4.90 Å². The summed E-state index contributed by atoms with van der Waals surface area (Å²) < 4.78 is 13.0. The van der Waals surface area contributed by atoms with Crippen LogP contribution in [0, 0.1) is 11.4 Å². The third-order valence-electron chi connectivity index (χ3n) is 3.39. The molecule has 18 heavy (non-hydrogen) atoms. The Balaban J connectivity index is 2.15. The molecule has 0 spiro atoms. The van der Waals surface area contributed by atoms with Crippen LogP contribution in [-0.4, -0.2) is 40.1 Å². The van der Waals surface area contributed by atoms with Crippen molar-refractivity contribution in [1.82, 2.24) is 9.88 Å². The maximum atomic E-state index is 13.0. The van der Waals surface area contributed by atoms with E-state index in [-0.39, 0.29) is 17.0 Å². The molecular weight excluding hydrogens is 235 g/mol. The van der Waals surface area contributed by atoms with Crippen molar-refractivity contribution < 1.29 is 14.3 Å². The number of carbonyl (C=O) groups is 1. The lowest BCUT2D eigenvalue weighted by atomic mass is 9.81. The van der Waals surface area contributed by atoms with E-state index in [1.165, 1.54) is 18.2 Å². The molecule has 0 saturated carbocycles. The van der Waals surface area contributed by atoms with E-state index in [2.05, 4.69) is 4.98 Å². The number of aliphatic hydroxyl groups excluding tert-OH is 1. The number of pyridine rings is 1. The molecule has 1 N–H and O–H groups in total. The molecule has 0 aliphatic carbocycles. The fourth-order valence-corrected chi connectivity index (χ4v) is 2.21. The summed E-state index contributed by atoms with van der Waals surface area (Å²) in [6.07, 6.45) is 0.121. The summed E-state index contributed by atoms with van der Waals surface area (Å²) in [4.78, 5) is 17.4. The molecule has 98 valence electrons. The highest BCUT2D eigenvalue weighted by Gasteiger charge is 2.36. The maximum Gasteiger partial charge on any atom is 0.272 e. The summed E-state index contributed by atoms with van der Waals surface area (Å²) in [7, 11) is 0. The molecule has 4 nitrogen and oxygen atoms in total. The van der Waals surface area contributed by atoms with Crippen LogP contribution in [0.15, 0.2) is 18.2 Å². The first-order valence-corrected chi connectivity index (χ1v) is 6.00. The van der Waals surface area contributed by atoms with Gasteiger partial charge in [0, 0.05) is 18.5 Å². The van der Waals surface area contributed by atoms with Crippen molar-refractivity contribution in [3.05, 3.63) is 29.8 Å². The minimum Gasteiger partial charge on any atom is -0.392 e. The molecule has 1 aromatic rings. The zero-order valence-electron chi connectivity index (χ0n) is 10.6. The Bertz CT molecular complexity index is 462. The van der Waals surface area contributed by atoms with Gasteiger partial charge in [-0.2, -0.15) is 4.39 Å². The quantitative estimate of drug-likeness (QED) is 0.770. The van der Waals surface area contributed by atoms with E-state index in [0.29, 0.717) is 19.5 Å². The highest BCUT2D eigenvalue weighted by molar-refractivity contribution is 5.92. The number of nitrogens with zero attached hydrogens (tertiary/aromatic N) is 2. The lowest BCUT2D eigenvalue weighted by Gasteiger charge is -2.41. The van der Waals surface area contributed by atoms with Gasteiger partial charge in [0.15, 0.2) is 0 Å². The van der Waals surface area contributed by atoms with Crippen molar-refractivity contribution in [1.29, 1.82) is 0 Å². The Morgan fingerprint density at radius 1 is 1.56 bits per heavy atom. The van der Waals surface area contributed by atoms with Crippen LogP contribution in [0.4, 0.5) is 4.39 Å². The summed E-state index contributed by atoms with van der Waals surface area (Å²) in [5, 5.41) is 9.84. The van der Waals surface area contributed by atoms with Gasteiger partial charge in [-0.05, 0) is 18.6 Å². The molecule has 2 rings (SSSR count). The number of likely N-dealkylation sites (tertiary alicyclic amines) is 1. The van der Waals surface area contributed by atoms with E-state index in [0.717, 1.165) is 0 Å². The van der Waals surface area contributed by atoms with Crippen molar-refractivity contribution >= 4 is 5.91 Å². The number of aliphatic hydroxyl groups is 1. The molecule has 1 aliphatic rings. The Morgan fingerprint density at radius 3 is 2.89 bits per heavy atom. The average molecular weight is 252 g/mol.